The summed E-state index contributed by atoms with van der Waals surface area (Å²) in [6, 6.07) is 6.36. The van der Waals surface area contributed by atoms with Gasteiger partial charge in [0.1, 0.15) is 24.4 Å². The minimum atomic E-state index is -1.16. The lowest BCUT2D eigenvalue weighted by atomic mass is 10.1. The van der Waals surface area contributed by atoms with E-state index in [1.807, 2.05) is 0 Å². The van der Waals surface area contributed by atoms with Crippen LogP contribution in [-0.4, -0.2) is 73.1 Å². The number of fused-ring (bicyclic) bond motifs is 1. The van der Waals surface area contributed by atoms with Crippen LogP contribution < -0.4 is 5.32 Å². The van der Waals surface area contributed by atoms with Gasteiger partial charge in [-0.25, -0.2) is 19.3 Å². The first-order valence-corrected chi connectivity index (χ1v) is 11.0. The van der Waals surface area contributed by atoms with Crippen molar-refractivity contribution in [2.45, 2.75) is 41.9 Å². The minimum Gasteiger partial charge on any atom is -0.387 e. The molecule has 0 amide bonds. The predicted octanol–water partition coefficient (Wildman–Crippen LogP) is 1.58. The summed E-state index contributed by atoms with van der Waals surface area (Å²) in [7, 11) is 0. The molecular formula is C20H22FN5O4S. The molecule has 2 aliphatic heterocycles. The molecule has 0 saturated carbocycles. The molecule has 0 aliphatic carbocycles. The fraction of sp³-hybridized carbons (Fsp3) is 0.450. The van der Waals surface area contributed by atoms with Crippen molar-refractivity contribution in [2.24, 2.45) is 0 Å². The van der Waals surface area contributed by atoms with E-state index in [2.05, 4.69) is 20.3 Å². The summed E-state index contributed by atoms with van der Waals surface area (Å²) >= 11 is 1.35. The van der Waals surface area contributed by atoms with Crippen molar-refractivity contribution in [3.05, 3.63) is 42.7 Å². The monoisotopic (exact) mass is 447 g/mol. The number of ether oxygens (including phenoxy) is 2. The minimum absolute atomic E-state index is 0.155. The number of nitrogens with one attached hydrogen (secondary N) is 1. The van der Waals surface area contributed by atoms with Gasteiger partial charge in [0.05, 0.1) is 25.1 Å². The Balaban J connectivity index is 1.33. The van der Waals surface area contributed by atoms with Crippen LogP contribution in [0.15, 0.2) is 41.8 Å². The van der Waals surface area contributed by atoms with Crippen LogP contribution in [0.1, 0.15) is 12.6 Å². The molecule has 0 bridgehead atoms. The van der Waals surface area contributed by atoms with Crippen LogP contribution in [0.3, 0.4) is 0 Å². The highest BCUT2D eigenvalue weighted by Crippen LogP contribution is 2.35. The molecule has 3 aromatic rings. The molecule has 2 fully saturated rings. The molecule has 4 heterocycles. The van der Waals surface area contributed by atoms with Crippen LogP contribution in [-0.2, 0) is 9.47 Å². The van der Waals surface area contributed by atoms with Gasteiger partial charge in [-0.1, -0.05) is 6.07 Å². The highest BCUT2D eigenvalue weighted by atomic mass is 32.2. The maximum Gasteiger partial charge on any atom is 0.167 e. The molecule has 0 spiro atoms. The van der Waals surface area contributed by atoms with Crippen LogP contribution in [0.5, 0.6) is 0 Å². The number of rotatable bonds is 6. The maximum atomic E-state index is 13.4. The maximum absolute atomic E-state index is 13.4. The summed E-state index contributed by atoms with van der Waals surface area (Å²) in [5.74, 6) is 0.619. The SMILES string of the molecule is O[C@@H]1[C@H](O)[C@@H](CSc2cccc(F)c2)O[C@H]1n1cnc2c(NC3CCOC3)ncnc21. The number of thioether (sulfide) groups is 1. The molecule has 31 heavy (non-hydrogen) atoms. The van der Waals surface area contributed by atoms with E-state index in [0.29, 0.717) is 35.9 Å². The number of benzene rings is 1. The zero-order valence-corrected chi connectivity index (χ0v) is 17.3. The number of hydrogen-bond donors (Lipinski definition) is 3. The van der Waals surface area contributed by atoms with E-state index in [4.69, 9.17) is 9.47 Å². The predicted molar refractivity (Wildman–Crippen MR) is 111 cm³/mol. The van der Waals surface area contributed by atoms with E-state index in [1.54, 1.807) is 16.7 Å². The van der Waals surface area contributed by atoms with Gasteiger partial charge in [-0.05, 0) is 24.6 Å². The van der Waals surface area contributed by atoms with Gasteiger partial charge in [-0.15, -0.1) is 11.8 Å². The Morgan fingerprint density at radius 1 is 1.23 bits per heavy atom. The molecule has 0 radical (unpaired) electrons. The zero-order chi connectivity index (χ0) is 21.4. The summed E-state index contributed by atoms with van der Waals surface area (Å²) in [5, 5.41) is 24.5. The van der Waals surface area contributed by atoms with Gasteiger partial charge in [0.2, 0.25) is 0 Å². The van der Waals surface area contributed by atoms with Crippen LogP contribution in [0.4, 0.5) is 10.2 Å². The zero-order valence-electron chi connectivity index (χ0n) is 16.5. The summed E-state index contributed by atoms with van der Waals surface area (Å²) in [6.07, 6.45) is 0.0831. The van der Waals surface area contributed by atoms with Crippen molar-refractivity contribution >= 4 is 28.7 Å². The largest absolute Gasteiger partial charge is 0.387 e. The molecule has 3 N–H and O–H groups in total. The normalized spacial score (nSPS) is 28.4. The quantitative estimate of drug-likeness (QED) is 0.485. The number of hydrogen-bond acceptors (Lipinski definition) is 9. The van der Waals surface area contributed by atoms with Crippen molar-refractivity contribution in [1.82, 2.24) is 19.5 Å². The number of halogens is 1. The third-order valence-electron chi connectivity index (χ3n) is 5.45. The van der Waals surface area contributed by atoms with Gasteiger partial charge < -0.3 is 25.0 Å². The molecule has 5 rings (SSSR count). The highest BCUT2D eigenvalue weighted by molar-refractivity contribution is 7.99. The summed E-state index contributed by atoms with van der Waals surface area (Å²) in [4.78, 5) is 13.7. The van der Waals surface area contributed by atoms with E-state index in [9.17, 15) is 14.6 Å². The van der Waals surface area contributed by atoms with Crippen molar-refractivity contribution in [3.8, 4) is 0 Å². The fourth-order valence-electron chi connectivity index (χ4n) is 3.82. The summed E-state index contributed by atoms with van der Waals surface area (Å²) in [5.41, 5.74) is 1.04. The van der Waals surface area contributed by atoms with Crippen molar-refractivity contribution < 1.29 is 24.1 Å². The molecule has 2 aliphatic rings. The first-order valence-electron chi connectivity index (χ1n) is 10.0. The Kier molecular flexibility index (Phi) is 5.76. The summed E-state index contributed by atoms with van der Waals surface area (Å²) in [6.45, 7) is 1.31. The molecule has 2 aromatic heterocycles. The average Bonchev–Trinajstić information content (AvgIpc) is 3.49. The summed E-state index contributed by atoms with van der Waals surface area (Å²) < 4.78 is 26.4. The third-order valence-corrected chi connectivity index (χ3v) is 6.53. The smallest absolute Gasteiger partial charge is 0.167 e. The number of aliphatic hydroxyl groups is 2. The molecule has 1 aromatic carbocycles. The number of aliphatic hydroxyl groups excluding tert-OH is 2. The van der Waals surface area contributed by atoms with Gasteiger partial charge in [0.25, 0.3) is 0 Å². The Morgan fingerprint density at radius 3 is 2.94 bits per heavy atom. The Morgan fingerprint density at radius 2 is 2.13 bits per heavy atom. The van der Waals surface area contributed by atoms with Crippen LogP contribution in [0, 0.1) is 5.82 Å². The van der Waals surface area contributed by atoms with Crippen molar-refractivity contribution in [2.75, 3.05) is 24.3 Å². The van der Waals surface area contributed by atoms with E-state index in [0.717, 1.165) is 11.3 Å². The molecule has 164 valence electrons. The fourth-order valence-corrected chi connectivity index (χ4v) is 4.82. The Bertz CT molecular complexity index is 1060. The van der Waals surface area contributed by atoms with Crippen LogP contribution in [0.25, 0.3) is 11.2 Å². The number of aromatic nitrogens is 4. The molecule has 2 saturated heterocycles. The van der Waals surface area contributed by atoms with Gasteiger partial charge in [-0.3, -0.25) is 4.57 Å². The topological polar surface area (TPSA) is 115 Å². The molecule has 9 nitrogen and oxygen atoms in total. The standard InChI is InChI=1S/C20H22FN5O4S/c21-11-2-1-3-13(6-11)31-8-14-16(27)17(28)20(30-14)26-10-24-15-18(22-9-23-19(15)26)25-12-4-5-29-7-12/h1-3,6,9-10,12,14,16-17,20,27-28H,4-5,7-8H2,(H,22,23,25)/t12?,14-,16-,17-,20-/m1/s1. The molecular weight excluding hydrogens is 425 g/mol. The molecule has 5 atom stereocenters. The molecule has 11 heteroatoms. The van der Waals surface area contributed by atoms with E-state index < -0.39 is 24.5 Å². The first-order chi connectivity index (χ1) is 15.1. The van der Waals surface area contributed by atoms with Crippen LogP contribution in [0.2, 0.25) is 0 Å². The Hall–Kier alpha value is -2.31. The second-order valence-corrected chi connectivity index (χ2v) is 8.66. The second kappa shape index (κ2) is 8.67. The average molecular weight is 447 g/mol. The lowest BCUT2D eigenvalue weighted by Crippen LogP contribution is -2.32. The third kappa shape index (κ3) is 4.11. The number of imidazole rings is 1. The number of nitrogens with zero attached hydrogens (tertiary/aromatic N) is 4. The van der Waals surface area contributed by atoms with Gasteiger partial charge >= 0.3 is 0 Å². The van der Waals surface area contributed by atoms with E-state index in [-0.39, 0.29) is 11.9 Å². The number of anilines is 1. The van der Waals surface area contributed by atoms with Crippen molar-refractivity contribution in [1.29, 1.82) is 0 Å². The van der Waals surface area contributed by atoms with Gasteiger partial charge in [0, 0.05) is 17.3 Å². The van der Waals surface area contributed by atoms with Gasteiger partial charge in [0.15, 0.2) is 23.2 Å². The lowest BCUT2D eigenvalue weighted by Gasteiger charge is -2.17. The lowest BCUT2D eigenvalue weighted by molar-refractivity contribution is -0.0289. The van der Waals surface area contributed by atoms with E-state index >= 15 is 0 Å². The van der Waals surface area contributed by atoms with E-state index in [1.165, 1.54) is 36.5 Å². The second-order valence-electron chi connectivity index (χ2n) is 7.57. The van der Waals surface area contributed by atoms with Gasteiger partial charge in [-0.2, -0.15) is 0 Å². The van der Waals surface area contributed by atoms with Crippen LogP contribution >= 0.6 is 11.8 Å². The Labute approximate surface area is 181 Å². The highest BCUT2D eigenvalue weighted by Gasteiger charge is 2.44. The first kappa shape index (κ1) is 20.6. The van der Waals surface area contributed by atoms with Crippen molar-refractivity contribution in [3.63, 3.8) is 0 Å². The molecule has 1 unspecified atom stereocenters.